The molecule has 0 saturated carbocycles. The van der Waals surface area contributed by atoms with E-state index in [-0.39, 0.29) is 18.4 Å². The second kappa shape index (κ2) is 9.54. The Morgan fingerprint density at radius 2 is 1.75 bits per heavy atom. The van der Waals surface area contributed by atoms with Gasteiger partial charge in [0, 0.05) is 11.3 Å². The van der Waals surface area contributed by atoms with Crippen LogP contribution in [0.15, 0.2) is 24.3 Å². The van der Waals surface area contributed by atoms with Crippen LogP contribution in [0.3, 0.4) is 0 Å². The van der Waals surface area contributed by atoms with Gasteiger partial charge in [0.1, 0.15) is 6.04 Å². The van der Waals surface area contributed by atoms with E-state index in [4.69, 9.17) is 9.47 Å². The minimum Gasteiger partial charge on any atom is -0.467 e. The van der Waals surface area contributed by atoms with Crippen LogP contribution < -0.4 is 10.6 Å². The third-order valence-corrected chi connectivity index (χ3v) is 3.17. The van der Waals surface area contributed by atoms with E-state index in [9.17, 15) is 14.4 Å². The lowest BCUT2D eigenvalue weighted by Crippen LogP contribution is -2.42. The number of methoxy groups -OCH3 is 1. The van der Waals surface area contributed by atoms with Gasteiger partial charge in [-0.25, -0.2) is 9.59 Å². The Labute approximate surface area is 141 Å². The Hall–Kier alpha value is -2.57. The summed E-state index contributed by atoms with van der Waals surface area (Å²) in [5.41, 5.74) is 0.888. The number of carbonyl (C=O) groups is 3. The minimum absolute atomic E-state index is 0.227. The van der Waals surface area contributed by atoms with Crippen molar-refractivity contribution in [1.82, 2.24) is 5.32 Å². The van der Waals surface area contributed by atoms with E-state index in [0.717, 1.165) is 0 Å². The SMILES string of the molecule is CCOC(=O)Nc1ccc(C(=O)NC(CC(C)C)C(=O)OC)cc1. The van der Waals surface area contributed by atoms with E-state index in [1.165, 1.54) is 7.11 Å². The topological polar surface area (TPSA) is 93.7 Å². The van der Waals surface area contributed by atoms with Crippen molar-refractivity contribution >= 4 is 23.7 Å². The Bertz CT molecular complexity index is 569. The maximum Gasteiger partial charge on any atom is 0.411 e. The first-order valence-corrected chi connectivity index (χ1v) is 7.79. The molecule has 0 radical (unpaired) electrons. The zero-order chi connectivity index (χ0) is 18.1. The van der Waals surface area contributed by atoms with Crippen molar-refractivity contribution < 1.29 is 23.9 Å². The van der Waals surface area contributed by atoms with Crippen LogP contribution in [-0.4, -0.2) is 37.7 Å². The van der Waals surface area contributed by atoms with Crippen LogP contribution in [0.25, 0.3) is 0 Å². The van der Waals surface area contributed by atoms with Gasteiger partial charge in [-0.2, -0.15) is 0 Å². The fourth-order valence-corrected chi connectivity index (χ4v) is 2.06. The number of carbonyl (C=O) groups excluding carboxylic acids is 3. The van der Waals surface area contributed by atoms with Gasteiger partial charge in [-0.05, 0) is 43.5 Å². The number of benzene rings is 1. The highest BCUT2D eigenvalue weighted by atomic mass is 16.5. The number of anilines is 1. The van der Waals surface area contributed by atoms with Gasteiger partial charge in [-0.3, -0.25) is 10.1 Å². The lowest BCUT2D eigenvalue weighted by molar-refractivity contribution is -0.143. The van der Waals surface area contributed by atoms with Crippen LogP contribution in [0.2, 0.25) is 0 Å². The van der Waals surface area contributed by atoms with Gasteiger partial charge >= 0.3 is 12.1 Å². The van der Waals surface area contributed by atoms with Crippen molar-refractivity contribution in [1.29, 1.82) is 0 Å². The zero-order valence-electron chi connectivity index (χ0n) is 14.4. The molecule has 0 aliphatic heterocycles. The highest BCUT2D eigenvalue weighted by Crippen LogP contribution is 2.12. The highest BCUT2D eigenvalue weighted by Gasteiger charge is 2.23. The van der Waals surface area contributed by atoms with Crippen LogP contribution in [-0.2, 0) is 14.3 Å². The van der Waals surface area contributed by atoms with Crippen molar-refractivity contribution in [3.63, 3.8) is 0 Å². The summed E-state index contributed by atoms with van der Waals surface area (Å²) in [5.74, 6) is -0.628. The fourth-order valence-electron chi connectivity index (χ4n) is 2.06. The highest BCUT2D eigenvalue weighted by molar-refractivity contribution is 5.97. The molecule has 7 heteroatoms. The van der Waals surface area contributed by atoms with Crippen LogP contribution in [0, 0.1) is 5.92 Å². The van der Waals surface area contributed by atoms with E-state index < -0.39 is 18.1 Å². The van der Waals surface area contributed by atoms with Gasteiger partial charge in [0.05, 0.1) is 13.7 Å². The molecule has 0 heterocycles. The first-order valence-electron chi connectivity index (χ1n) is 7.79. The molecular weight excluding hydrogens is 312 g/mol. The molecule has 2 amide bonds. The molecule has 0 aliphatic rings. The number of amides is 2. The molecule has 1 aromatic rings. The Balaban J connectivity index is 2.72. The van der Waals surface area contributed by atoms with Crippen LogP contribution in [0.5, 0.6) is 0 Å². The molecule has 132 valence electrons. The third-order valence-electron chi connectivity index (χ3n) is 3.17. The summed E-state index contributed by atoms with van der Waals surface area (Å²) in [6, 6.07) is 5.59. The molecule has 1 atom stereocenters. The van der Waals surface area contributed by atoms with Crippen LogP contribution >= 0.6 is 0 Å². The van der Waals surface area contributed by atoms with Gasteiger partial charge in [0.25, 0.3) is 5.91 Å². The third kappa shape index (κ3) is 6.28. The second-order valence-electron chi connectivity index (χ2n) is 5.60. The van der Waals surface area contributed by atoms with Crippen LogP contribution in [0.1, 0.15) is 37.6 Å². The quantitative estimate of drug-likeness (QED) is 0.746. The van der Waals surface area contributed by atoms with Crippen molar-refractivity contribution in [2.24, 2.45) is 5.92 Å². The Kier molecular flexibility index (Phi) is 7.74. The molecule has 0 spiro atoms. The summed E-state index contributed by atoms with van der Waals surface area (Å²) in [6.45, 7) is 5.90. The van der Waals surface area contributed by atoms with E-state index in [2.05, 4.69) is 10.6 Å². The average molecular weight is 336 g/mol. The minimum atomic E-state index is -0.695. The standard InChI is InChI=1S/C17H24N2O5/c1-5-24-17(22)18-13-8-6-12(7-9-13)15(20)19-14(10-11(2)3)16(21)23-4/h6-9,11,14H,5,10H2,1-4H3,(H,18,22)(H,19,20). The van der Waals surface area contributed by atoms with Crippen molar-refractivity contribution in [3.05, 3.63) is 29.8 Å². The van der Waals surface area contributed by atoms with Crippen LogP contribution in [0.4, 0.5) is 10.5 Å². The van der Waals surface area contributed by atoms with Crippen molar-refractivity contribution in [2.75, 3.05) is 19.0 Å². The molecule has 24 heavy (non-hydrogen) atoms. The lowest BCUT2D eigenvalue weighted by atomic mass is 10.0. The van der Waals surface area contributed by atoms with Gasteiger partial charge in [-0.1, -0.05) is 13.8 Å². The van der Waals surface area contributed by atoms with Gasteiger partial charge in [-0.15, -0.1) is 0 Å². The first-order chi connectivity index (χ1) is 11.4. The molecule has 2 N–H and O–H groups in total. The normalized spacial score (nSPS) is 11.5. The summed E-state index contributed by atoms with van der Waals surface area (Å²) < 4.78 is 9.49. The number of esters is 1. The van der Waals surface area contributed by atoms with Gasteiger partial charge < -0.3 is 14.8 Å². The predicted octanol–water partition coefficient (Wildman–Crippen LogP) is 2.57. The van der Waals surface area contributed by atoms with Crippen molar-refractivity contribution in [3.8, 4) is 0 Å². The van der Waals surface area contributed by atoms with Gasteiger partial charge in [0.15, 0.2) is 0 Å². The average Bonchev–Trinajstić information content (AvgIpc) is 2.53. The van der Waals surface area contributed by atoms with Gasteiger partial charge in [0.2, 0.25) is 0 Å². The molecule has 1 unspecified atom stereocenters. The molecule has 0 bridgehead atoms. The van der Waals surface area contributed by atoms with E-state index in [0.29, 0.717) is 17.7 Å². The number of hydrogen-bond donors (Lipinski definition) is 2. The lowest BCUT2D eigenvalue weighted by Gasteiger charge is -2.18. The van der Waals surface area contributed by atoms with E-state index >= 15 is 0 Å². The molecule has 0 aliphatic carbocycles. The molecule has 1 aromatic carbocycles. The monoisotopic (exact) mass is 336 g/mol. The number of ether oxygens (including phenoxy) is 2. The summed E-state index contributed by atoms with van der Waals surface area (Å²) in [7, 11) is 1.29. The molecule has 0 saturated heterocycles. The predicted molar refractivity (Wildman–Crippen MR) is 89.8 cm³/mol. The Morgan fingerprint density at radius 3 is 2.25 bits per heavy atom. The summed E-state index contributed by atoms with van der Waals surface area (Å²) in [6.07, 6.45) is -0.0710. The first kappa shape index (κ1) is 19.5. The maximum absolute atomic E-state index is 12.3. The molecule has 7 nitrogen and oxygen atoms in total. The second-order valence-corrected chi connectivity index (χ2v) is 5.60. The molecular formula is C17H24N2O5. The van der Waals surface area contributed by atoms with E-state index in [1.807, 2.05) is 13.8 Å². The number of nitrogens with one attached hydrogen (secondary N) is 2. The molecule has 0 aromatic heterocycles. The summed E-state index contributed by atoms with van der Waals surface area (Å²) >= 11 is 0. The molecule has 0 fully saturated rings. The smallest absolute Gasteiger partial charge is 0.411 e. The Morgan fingerprint density at radius 1 is 1.12 bits per heavy atom. The number of hydrogen-bond acceptors (Lipinski definition) is 5. The maximum atomic E-state index is 12.3. The fraction of sp³-hybridized carbons (Fsp3) is 0.471. The van der Waals surface area contributed by atoms with Crippen molar-refractivity contribution in [2.45, 2.75) is 33.2 Å². The van der Waals surface area contributed by atoms with E-state index in [1.54, 1.807) is 31.2 Å². The number of rotatable bonds is 7. The zero-order valence-corrected chi connectivity index (χ0v) is 14.4. The summed E-state index contributed by atoms with van der Waals surface area (Å²) in [5, 5.41) is 5.21. The molecule has 1 rings (SSSR count). The largest absolute Gasteiger partial charge is 0.467 e. The summed E-state index contributed by atoms with van der Waals surface area (Å²) in [4.78, 5) is 35.3.